The Hall–Kier alpha value is -2.63. The third-order valence-electron chi connectivity index (χ3n) is 3.86. The summed E-state index contributed by atoms with van der Waals surface area (Å²) in [7, 11) is 0. The molecule has 0 radical (unpaired) electrons. The fourth-order valence-electron chi connectivity index (χ4n) is 2.50. The first kappa shape index (κ1) is 17.7. The first-order chi connectivity index (χ1) is 11.5. The Labute approximate surface area is 139 Å². The molecule has 1 atom stereocenters. The maximum absolute atomic E-state index is 13.0. The average Bonchev–Trinajstić information content (AvgIpc) is 2.99. The van der Waals surface area contributed by atoms with Crippen LogP contribution in [0.25, 0.3) is 0 Å². The number of carboxylic acid groups (broad SMARTS) is 1. The average molecular weight is 333 g/mol. The summed E-state index contributed by atoms with van der Waals surface area (Å²) in [6, 6.07) is 6.87. The van der Waals surface area contributed by atoms with Crippen molar-refractivity contribution < 1.29 is 23.5 Å². The maximum Gasteiger partial charge on any atom is 0.312 e. The molecule has 24 heavy (non-hydrogen) atoms. The zero-order valence-electron chi connectivity index (χ0n) is 13.6. The molecule has 2 N–H and O–H groups in total. The van der Waals surface area contributed by atoms with E-state index >= 15 is 0 Å². The number of hydrogen-bond donors (Lipinski definition) is 2. The second kappa shape index (κ2) is 7.77. The Balaban J connectivity index is 2.09. The van der Waals surface area contributed by atoms with Crippen LogP contribution >= 0.6 is 0 Å². The van der Waals surface area contributed by atoms with E-state index in [-0.39, 0.29) is 12.3 Å². The van der Waals surface area contributed by atoms with Crippen molar-refractivity contribution in [2.24, 2.45) is 0 Å². The van der Waals surface area contributed by atoms with E-state index in [1.807, 2.05) is 13.8 Å². The predicted octanol–water partition coefficient (Wildman–Crippen LogP) is 3.14. The van der Waals surface area contributed by atoms with Gasteiger partial charge in [-0.2, -0.15) is 0 Å². The number of halogens is 1. The van der Waals surface area contributed by atoms with Crippen LogP contribution in [0.15, 0.2) is 34.7 Å². The highest BCUT2D eigenvalue weighted by atomic mass is 19.1. The van der Waals surface area contributed by atoms with Gasteiger partial charge in [-0.1, -0.05) is 26.0 Å². The van der Waals surface area contributed by atoms with E-state index in [1.165, 1.54) is 24.3 Å². The summed E-state index contributed by atoms with van der Waals surface area (Å²) in [6.07, 6.45) is 1.44. The van der Waals surface area contributed by atoms with Gasteiger partial charge >= 0.3 is 5.97 Å². The number of nitrogens with one attached hydrogen (secondary N) is 1. The van der Waals surface area contributed by atoms with Crippen LogP contribution < -0.4 is 5.32 Å². The Morgan fingerprint density at radius 3 is 2.38 bits per heavy atom. The molecule has 1 aromatic carbocycles. The van der Waals surface area contributed by atoms with Gasteiger partial charge in [-0.3, -0.25) is 9.59 Å². The molecule has 0 aliphatic rings. The molecule has 1 unspecified atom stereocenters. The number of aliphatic carboxylic acids is 1. The van der Waals surface area contributed by atoms with Crippen molar-refractivity contribution in [3.05, 3.63) is 58.8 Å². The molecular weight excluding hydrogens is 313 g/mol. The van der Waals surface area contributed by atoms with Crippen LogP contribution in [0.1, 0.15) is 47.2 Å². The van der Waals surface area contributed by atoms with E-state index in [0.717, 1.165) is 17.7 Å². The summed E-state index contributed by atoms with van der Waals surface area (Å²) in [5.74, 6) is -2.02. The number of aryl methyl sites for hydroxylation is 2. The lowest BCUT2D eigenvalue weighted by Gasteiger charge is -2.13. The minimum Gasteiger partial charge on any atom is -0.481 e. The number of hydrogen-bond acceptors (Lipinski definition) is 3. The molecule has 1 aromatic heterocycles. The number of carbonyl (C=O) groups excluding carboxylic acids is 1. The van der Waals surface area contributed by atoms with Crippen molar-refractivity contribution in [2.75, 3.05) is 6.54 Å². The number of benzene rings is 1. The molecule has 2 rings (SSSR count). The monoisotopic (exact) mass is 333 g/mol. The molecule has 0 fully saturated rings. The van der Waals surface area contributed by atoms with Gasteiger partial charge in [0, 0.05) is 13.0 Å². The molecule has 0 saturated carbocycles. The number of carboxylic acids is 1. The van der Waals surface area contributed by atoms with Crippen molar-refractivity contribution in [3.8, 4) is 0 Å². The van der Waals surface area contributed by atoms with Gasteiger partial charge in [0.1, 0.15) is 11.6 Å². The first-order valence-corrected chi connectivity index (χ1v) is 7.84. The quantitative estimate of drug-likeness (QED) is 0.816. The van der Waals surface area contributed by atoms with E-state index in [1.54, 1.807) is 6.07 Å². The summed E-state index contributed by atoms with van der Waals surface area (Å²) in [6.45, 7) is 3.80. The topological polar surface area (TPSA) is 79.5 Å². The van der Waals surface area contributed by atoms with Crippen molar-refractivity contribution in [1.29, 1.82) is 0 Å². The molecule has 5 nitrogen and oxygen atoms in total. The number of rotatable bonds is 7. The van der Waals surface area contributed by atoms with E-state index in [4.69, 9.17) is 4.42 Å². The van der Waals surface area contributed by atoms with Gasteiger partial charge in [-0.05, 0) is 35.7 Å². The summed E-state index contributed by atoms with van der Waals surface area (Å²) in [5.41, 5.74) is 1.39. The van der Waals surface area contributed by atoms with Gasteiger partial charge < -0.3 is 14.8 Å². The number of furan rings is 1. The van der Waals surface area contributed by atoms with Crippen molar-refractivity contribution >= 4 is 11.9 Å². The summed E-state index contributed by atoms with van der Waals surface area (Å²) < 4.78 is 18.5. The zero-order chi connectivity index (χ0) is 17.7. The Morgan fingerprint density at radius 1 is 1.21 bits per heavy atom. The third kappa shape index (κ3) is 4.01. The second-order valence-corrected chi connectivity index (χ2v) is 5.42. The molecule has 128 valence electrons. The maximum atomic E-state index is 13.0. The lowest BCUT2D eigenvalue weighted by atomic mass is 9.99. The van der Waals surface area contributed by atoms with Gasteiger partial charge in [-0.25, -0.2) is 4.39 Å². The Morgan fingerprint density at radius 2 is 1.88 bits per heavy atom. The highest BCUT2D eigenvalue weighted by Gasteiger charge is 2.22. The van der Waals surface area contributed by atoms with Crippen molar-refractivity contribution in [3.63, 3.8) is 0 Å². The van der Waals surface area contributed by atoms with E-state index in [9.17, 15) is 19.1 Å². The summed E-state index contributed by atoms with van der Waals surface area (Å²) in [5, 5.41) is 11.9. The SMILES string of the molecule is CCc1cc(C(=O)NCC(C(=O)O)c2ccc(F)cc2)oc1CC. The van der Waals surface area contributed by atoms with Gasteiger partial charge in [0.2, 0.25) is 0 Å². The first-order valence-electron chi connectivity index (χ1n) is 7.84. The molecule has 0 aliphatic heterocycles. The minimum absolute atomic E-state index is 0.108. The minimum atomic E-state index is -1.09. The van der Waals surface area contributed by atoms with E-state index in [2.05, 4.69) is 5.32 Å². The lowest BCUT2D eigenvalue weighted by molar-refractivity contribution is -0.138. The van der Waals surface area contributed by atoms with Crippen LogP contribution in [0.3, 0.4) is 0 Å². The van der Waals surface area contributed by atoms with Gasteiger partial charge in [0.25, 0.3) is 5.91 Å². The molecule has 0 bridgehead atoms. The van der Waals surface area contributed by atoms with Crippen LogP contribution in [-0.2, 0) is 17.6 Å². The molecule has 0 saturated heterocycles. The number of amides is 1. The highest BCUT2D eigenvalue weighted by molar-refractivity contribution is 5.92. The normalized spacial score (nSPS) is 12.0. The molecule has 0 spiro atoms. The van der Waals surface area contributed by atoms with Gasteiger partial charge in [-0.15, -0.1) is 0 Å². The molecule has 0 aliphatic carbocycles. The largest absolute Gasteiger partial charge is 0.481 e. The Kier molecular flexibility index (Phi) is 5.73. The standard InChI is InChI=1S/C18H20FNO4/c1-3-11-9-16(24-15(11)4-2)17(21)20-10-14(18(22)23)12-5-7-13(19)8-6-12/h5-9,14H,3-4,10H2,1-2H3,(H,20,21)(H,22,23). The van der Waals surface area contributed by atoms with Crippen LogP contribution in [0.2, 0.25) is 0 Å². The fraction of sp³-hybridized carbons (Fsp3) is 0.333. The smallest absolute Gasteiger partial charge is 0.312 e. The molecular formula is C18H20FNO4. The number of carbonyl (C=O) groups is 2. The second-order valence-electron chi connectivity index (χ2n) is 5.42. The molecule has 2 aromatic rings. The van der Waals surface area contributed by atoms with Gasteiger partial charge in [0.15, 0.2) is 5.76 Å². The van der Waals surface area contributed by atoms with Gasteiger partial charge in [0.05, 0.1) is 5.92 Å². The van der Waals surface area contributed by atoms with Crippen LogP contribution in [0, 0.1) is 5.82 Å². The third-order valence-corrected chi connectivity index (χ3v) is 3.86. The molecule has 1 heterocycles. The van der Waals surface area contributed by atoms with Crippen LogP contribution in [0.5, 0.6) is 0 Å². The molecule has 1 amide bonds. The van der Waals surface area contributed by atoms with E-state index in [0.29, 0.717) is 12.0 Å². The Bertz CT molecular complexity index is 700. The fourth-order valence-corrected chi connectivity index (χ4v) is 2.50. The lowest BCUT2D eigenvalue weighted by Crippen LogP contribution is -2.31. The predicted molar refractivity (Wildman–Crippen MR) is 86.6 cm³/mol. The summed E-state index contributed by atoms with van der Waals surface area (Å²) in [4.78, 5) is 23.6. The molecule has 6 heteroatoms. The van der Waals surface area contributed by atoms with Crippen molar-refractivity contribution in [1.82, 2.24) is 5.32 Å². The van der Waals surface area contributed by atoms with E-state index < -0.39 is 23.6 Å². The van der Waals surface area contributed by atoms with Crippen LogP contribution in [-0.4, -0.2) is 23.5 Å². The van der Waals surface area contributed by atoms with Crippen molar-refractivity contribution in [2.45, 2.75) is 32.6 Å². The van der Waals surface area contributed by atoms with Crippen LogP contribution in [0.4, 0.5) is 4.39 Å². The highest BCUT2D eigenvalue weighted by Crippen LogP contribution is 2.19. The zero-order valence-corrected chi connectivity index (χ0v) is 13.6. The summed E-state index contributed by atoms with van der Waals surface area (Å²) >= 11 is 0.